The normalized spacial score (nSPS) is 22.9. The van der Waals surface area contributed by atoms with Gasteiger partial charge in [-0.05, 0) is 66.4 Å². The first-order valence-electron chi connectivity index (χ1n) is 11.0. The third-order valence-corrected chi connectivity index (χ3v) is 7.14. The molecule has 3 atom stereocenters. The summed E-state index contributed by atoms with van der Waals surface area (Å²) in [4.78, 5) is 16.2. The highest BCUT2D eigenvalue weighted by molar-refractivity contribution is 5.73. The Bertz CT molecular complexity index is 1120. The predicted octanol–water partition coefficient (Wildman–Crippen LogP) is 4.89. The highest BCUT2D eigenvalue weighted by atomic mass is 16.1. The van der Waals surface area contributed by atoms with E-state index in [1.165, 1.54) is 22.4 Å². The predicted molar refractivity (Wildman–Crippen MR) is 121 cm³/mol. The average molecular weight is 413 g/mol. The van der Waals surface area contributed by atoms with Crippen molar-refractivity contribution in [3.05, 3.63) is 83.4 Å². The topological polar surface area (TPSA) is 59.8 Å². The molecule has 1 unspecified atom stereocenters. The molecule has 1 aromatic carbocycles. The maximum atomic E-state index is 11.9. The molecule has 0 saturated heterocycles. The Morgan fingerprint density at radius 2 is 2.06 bits per heavy atom. The molecule has 5 rings (SSSR count). The van der Waals surface area contributed by atoms with Gasteiger partial charge in [0, 0.05) is 13.1 Å². The minimum atomic E-state index is 0.0245. The van der Waals surface area contributed by atoms with E-state index in [1.807, 2.05) is 47.4 Å². The van der Waals surface area contributed by atoms with Gasteiger partial charge in [0.15, 0.2) is 0 Å². The van der Waals surface area contributed by atoms with Crippen LogP contribution in [0.1, 0.15) is 56.0 Å². The van der Waals surface area contributed by atoms with Crippen molar-refractivity contribution >= 4 is 12.0 Å². The van der Waals surface area contributed by atoms with Crippen LogP contribution in [0.15, 0.2) is 66.6 Å². The number of nitrogens with one attached hydrogen (secondary N) is 1. The average Bonchev–Trinajstić information content (AvgIpc) is 3.32. The lowest BCUT2D eigenvalue weighted by atomic mass is 9.68. The van der Waals surface area contributed by atoms with E-state index in [0.29, 0.717) is 5.92 Å². The molecule has 3 aromatic rings. The first-order valence-corrected chi connectivity index (χ1v) is 11.0. The fourth-order valence-electron chi connectivity index (χ4n) is 5.49. The lowest BCUT2D eigenvalue weighted by Gasteiger charge is -2.37. The van der Waals surface area contributed by atoms with Crippen LogP contribution >= 0.6 is 0 Å². The maximum absolute atomic E-state index is 11.9. The fraction of sp³-hybridized carbons (Fsp3) is 0.346. The van der Waals surface area contributed by atoms with Gasteiger partial charge in [-0.1, -0.05) is 42.8 Å². The Kier molecular flexibility index (Phi) is 4.97. The molecule has 5 heteroatoms. The summed E-state index contributed by atoms with van der Waals surface area (Å²) in [5, 5.41) is 7.87. The molecular formula is C26H28N4O. The molecule has 2 aliphatic rings. The van der Waals surface area contributed by atoms with E-state index >= 15 is 0 Å². The third kappa shape index (κ3) is 3.58. The summed E-state index contributed by atoms with van der Waals surface area (Å²) in [6.45, 7) is 4.01. The molecule has 1 saturated carbocycles. The van der Waals surface area contributed by atoms with Gasteiger partial charge in [-0.2, -0.15) is 5.10 Å². The van der Waals surface area contributed by atoms with Crippen molar-refractivity contribution in [2.75, 3.05) is 0 Å². The number of hydrogen-bond acceptors (Lipinski definition) is 3. The van der Waals surface area contributed by atoms with Crippen molar-refractivity contribution in [2.24, 2.45) is 11.3 Å². The van der Waals surface area contributed by atoms with Gasteiger partial charge in [-0.25, -0.2) is 4.68 Å². The highest BCUT2D eigenvalue weighted by Crippen LogP contribution is 2.55. The molecule has 158 valence electrons. The van der Waals surface area contributed by atoms with Crippen LogP contribution in [0.3, 0.4) is 0 Å². The molecule has 1 fully saturated rings. The van der Waals surface area contributed by atoms with E-state index < -0.39 is 0 Å². The van der Waals surface area contributed by atoms with E-state index in [4.69, 9.17) is 0 Å². The van der Waals surface area contributed by atoms with Crippen LogP contribution in [0.25, 0.3) is 11.8 Å². The number of rotatable bonds is 5. The van der Waals surface area contributed by atoms with Gasteiger partial charge in [0.05, 0.1) is 29.8 Å². The van der Waals surface area contributed by atoms with Crippen molar-refractivity contribution in [1.29, 1.82) is 0 Å². The largest absolute Gasteiger partial charge is 0.350 e. The lowest BCUT2D eigenvalue weighted by molar-refractivity contribution is -0.119. The van der Waals surface area contributed by atoms with Crippen LogP contribution in [0.4, 0.5) is 0 Å². The second kappa shape index (κ2) is 7.80. The van der Waals surface area contributed by atoms with Gasteiger partial charge in [0.1, 0.15) is 0 Å². The molecule has 0 aliphatic heterocycles. The zero-order valence-corrected chi connectivity index (χ0v) is 18.1. The van der Waals surface area contributed by atoms with Crippen molar-refractivity contribution in [3.63, 3.8) is 0 Å². The van der Waals surface area contributed by atoms with E-state index in [2.05, 4.69) is 40.5 Å². The number of nitrogens with zero attached hydrogens (tertiary/aromatic N) is 3. The van der Waals surface area contributed by atoms with Crippen molar-refractivity contribution in [1.82, 2.24) is 20.1 Å². The minimum absolute atomic E-state index is 0.0245. The van der Waals surface area contributed by atoms with E-state index in [0.717, 1.165) is 31.4 Å². The second-order valence-electron chi connectivity index (χ2n) is 9.08. The number of carbonyl (C=O) groups is 1. The number of carbonyl (C=O) groups excluding carboxylic acids is 1. The number of hydrogen-bond donors (Lipinski definition) is 1. The van der Waals surface area contributed by atoms with Crippen LogP contribution in [-0.4, -0.2) is 20.7 Å². The Morgan fingerprint density at radius 3 is 2.81 bits per heavy atom. The van der Waals surface area contributed by atoms with E-state index in [9.17, 15) is 4.79 Å². The zero-order valence-electron chi connectivity index (χ0n) is 18.1. The van der Waals surface area contributed by atoms with Crippen molar-refractivity contribution in [2.45, 2.75) is 45.6 Å². The van der Waals surface area contributed by atoms with Crippen LogP contribution in [0.5, 0.6) is 0 Å². The minimum Gasteiger partial charge on any atom is -0.350 e. The smallest absolute Gasteiger partial charge is 0.217 e. The summed E-state index contributed by atoms with van der Waals surface area (Å²) in [6.07, 6.45) is 12.2. The Hall–Kier alpha value is -3.21. The summed E-state index contributed by atoms with van der Waals surface area (Å²) in [7, 11) is 0. The Labute approximate surface area is 183 Å². The lowest BCUT2D eigenvalue weighted by Crippen LogP contribution is -2.34. The molecule has 1 N–H and O–H groups in total. The molecule has 0 bridgehead atoms. The molecule has 1 amide bonds. The SMILES string of the molecule is CC(=O)NC(C[C@H]1CCC2=Cc3c(cnn3-c3cccnc3)C[C@@]21C)c1ccccc1. The number of aromatic nitrogens is 3. The maximum Gasteiger partial charge on any atom is 0.217 e. The summed E-state index contributed by atoms with van der Waals surface area (Å²) in [5.74, 6) is 0.530. The Balaban J connectivity index is 1.44. The summed E-state index contributed by atoms with van der Waals surface area (Å²) < 4.78 is 2.01. The Morgan fingerprint density at radius 1 is 1.23 bits per heavy atom. The molecule has 2 heterocycles. The number of pyridine rings is 1. The summed E-state index contributed by atoms with van der Waals surface area (Å²) in [5.41, 5.74) is 6.25. The van der Waals surface area contributed by atoms with Gasteiger partial charge in [0.2, 0.25) is 5.91 Å². The molecular weight excluding hydrogens is 384 g/mol. The van der Waals surface area contributed by atoms with Crippen molar-refractivity contribution < 1.29 is 4.79 Å². The summed E-state index contributed by atoms with van der Waals surface area (Å²) >= 11 is 0. The first-order chi connectivity index (χ1) is 15.0. The number of benzene rings is 1. The zero-order chi connectivity index (χ0) is 21.4. The van der Waals surface area contributed by atoms with Crippen molar-refractivity contribution in [3.8, 4) is 5.69 Å². The van der Waals surface area contributed by atoms with Crippen LogP contribution in [0.2, 0.25) is 0 Å². The van der Waals surface area contributed by atoms with Gasteiger partial charge in [-0.15, -0.1) is 0 Å². The third-order valence-electron chi connectivity index (χ3n) is 7.14. The number of amides is 1. The molecule has 2 aliphatic carbocycles. The van der Waals surface area contributed by atoms with Gasteiger partial charge >= 0.3 is 0 Å². The molecule has 5 nitrogen and oxygen atoms in total. The monoisotopic (exact) mass is 412 g/mol. The quantitative estimate of drug-likeness (QED) is 0.649. The molecule has 31 heavy (non-hydrogen) atoms. The molecule has 2 aromatic heterocycles. The van der Waals surface area contributed by atoms with Crippen LogP contribution in [0, 0.1) is 11.3 Å². The second-order valence-corrected chi connectivity index (χ2v) is 9.08. The van der Waals surface area contributed by atoms with Gasteiger partial charge < -0.3 is 5.32 Å². The molecule has 0 radical (unpaired) electrons. The first kappa shape index (κ1) is 19.7. The standard InChI is InChI=1S/C26H28N4O/c1-18(31)29-24(19-7-4-3-5-8-19)13-21-10-11-22-14-25-20(15-26(21,22)2)16-28-30(25)23-9-6-12-27-17-23/h3-9,12,14,16-17,21,24H,10-11,13,15H2,1-2H3,(H,29,31)/t21-,24?,26-/m1/s1. The van der Waals surface area contributed by atoms with Gasteiger partial charge in [0.25, 0.3) is 0 Å². The molecule has 0 spiro atoms. The highest BCUT2D eigenvalue weighted by Gasteiger charge is 2.46. The number of fused-ring (bicyclic) bond motifs is 2. The van der Waals surface area contributed by atoms with Crippen LogP contribution < -0.4 is 5.32 Å². The fourth-order valence-corrected chi connectivity index (χ4v) is 5.49. The van der Waals surface area contributed by atoms with Gasteiger partial charge in [-0.3, -0.25) is 9.78 Å². The number of allylic oxidation sites excluding steroid dienone is 1. The van der Waals surface area contributed by atoms with E-state index in [-0.39, 0.29) is 17.4 Å². The summed E-state index contributed by atoms with van der Waals surface area (Å²) in [6, 6.07) is 14.4. The van der Waals surface area contributed by atoms with E-state index in [1.54, 1.807) is 13.1 Å². The van der Waals surface area contributed by atoms with Crippen LogP contribution in [-0.2, 0) is 11.2 Å².